The normalized spacial score (nSPS) is 21.0. The molecule has 1 N–H and O–H groups in total. The lowest BCUT2D eigenvalue weighted by Gasteiger charge is -2.34. The van der Waals surface area contributed by atoms with Crippen LogP contribution in [0.15, 0.2) is 42.5 Å². The number of aliphatic hydroxyl groups is 1. The van der Waals surface area contributed by atoms with Crippen molar-refractivity contribution in [1.29, 1.82) is 0 Å². The first-order valence-corrected chi connectivity index (χ1v) is 13.9. The summed E-state index contributed by atoms with van der Waals surface area (Å²) >= 11 is 0. The van der Waals surface area contributed by atoms with E-state index < -0.39 is 5.60 Å². The van der Waals surface area contributed by atoms with Crippen LogP contribution in [0.2, 0.25) is 0 Å². The Balaban J connectivity index is 1.64. The van der Waals surface area contributed by atoms with Gasteiger partial charge in [0.05, 0.1) is 16.8 Å². The molecule has 1 aliphatic heterocycles. The fourth-order valence-corrected chi connectivity index (χ4v) is 6.00. The van der Waals surface area contributed by atoms with Crippen molar-refractivity contribution in [2.24, 2.45) is 0 Å². The summed E-state index contributed by atoms with van der Waals surface area (Å²) < 4.78 is 12.7. The zero-order valence-electron chi connectivity index (χ0n) is 23.7. The van der Waals surface area contributed by atoms with Crippen molar-refractivity contribution in [2.45, 2.75) is 116 Å². The Morgan fingerprint density at radius 1 is 0.861 bits per heavy atom. The summed E-state index contributed by atoms with van der Waals surface area (Å²) in [4.78, 5) is 0. The summed E-state index contributed by atoms with van der Waals surface area (Å²) in [6.45, 7) is 17.4. The maximum Gasteiger partial charge on any atom is 0.495 e. The van der Waals surface area contributed by atoms with E-state index >= 15 is 0 Å². The van der Waals surface area contributed by atoms with Crippen LogP contribution in [0.3, 0.4) is 0 Å². The van der Waals surface area contributed by atoms with Gasteiger partial charge in [0.2, 0.25) is 0 Å². The first-order chi connectivity index (χ1) is 16.9. The minimum Gasteiger partial charge on any atom is -0.399 e. The van der Waals surface area contributed by atoms with Gasteiger partial charge in [0, 0.05) is 5.41 Å². The van der Waals surface area contributed by atoms with Crippen LogP contribution in [0.5, 0.6) is 0 Å². The Morgan fingerprint density at radius 2 is 1.39 bits per heavy atom. The summed E-state index contributed by atoms with van der Waals surface area (Å²) in [6.07, 6.45) is 10.1. The third kappa shape index (κ3) is 4.85. The van der Waals surface area contributed by atoms with Gasteiger partial charge in [-0.1, -0.05) is 80.8 Å². The molecule has 36 heavy (non-hydrogen) atoms. The van der Waals surface area contributed by atoms with E-state index in [-0.39, 0.29) is 23.7 Å². The van der Waals surface area contributed by atoms with Crippen molar-refractivity contribution >= 4 is 18.7 Å². The molecule has 0 spiro atoms. The molecule has 3 nitrogen and oxygen atoms in total. The number of hydrogen-bond donors (Lipinski definition) is 1. The standard InChI is InChI=1S/C32H45BO3/c1-9-32(10-2,26-14-13-25(23(3)21-26)17-20-31(34)18-11-12-19-31)27-15-16-28(24(4)22-27)33-35-29(5,6)30(7,8)36-33/h13-17,20-22,34H,9-12,18-19H2,1-8H3. The fourth-order valence-electron chi connectivity index (χ4n) is 6.00. The molecule has 1 saturated heterocycles. The van der Waals surface area contributed by atoms with E-state index in [2.05, 4.69) is 97.9 Å². The van der Waals surface area contributed by atoms with Crippen LogP contribution in [0.4, 0.5) is 0 Å². The number of benzene rings is 2. The highest BCUT2D eigenvalue weighted by atomic mass is 16.7. The molecular weight excluding hydrogens is 443 g/mol. The zero-order valence-corrected chi connectivity index (χ0v) is 23.7. The first-order valence-electron chi connectivity index (χ1n) is 13.9. The number of aryl methyl sites for hydroxylation is 2. The lowest BCUT2D eigenvalue weighted by molar-refractivity contribution is 0.00578. The van der Waals surface area contributed by atoms with Gasteiger partial charge in [-0.3, -0.25) is 0 Å². The van der Waals surface area contributed by atoms with Gasteiger partial charge in [0.25, 0.3) is 0 Å². The smallest absolute Gasteiger partial charge is 0.399 e. The van der Waals surface area contributed by atoms with Crippen molar-refractivity contribution < 1.29 is 14.4 Å². The summed E-state index contributed by atoms with van der Waals surface area (Å²) in [6, 6.07) is 13.7. The predicted molar refractivity (Wildman–Crippen MR) is 152 cm³/mol. The topological polar surface area (TPSA) is 38.7 Å². The molecule has 4 rings (SSSR count). The summed E-state index contributed by atoms with van der Waals surface area (Å²) in [7, 11) is -0.343. The van der Waals surface area contributed by atoms with Crippen LogP contribution < -0.4 is 5.46 Å². The van der Waals surface area contributed by atoms with Crippen LogP contribution in [-0.2, 0) is 14.7 Å². The van der Waals surface area contributed by atoms with Gasteiger partial charge < -0.3 is 14.4 Å². The van der Waals surface area contributed by atoms with Gasteiger partial charge in [0.1, 0.15) is 0 Å². The second-order valence-electron chi connectivity index (χ2n) is 12.2. The molecule has 0 atom stereocenters. The van der Waals surface area contributed by atoms with E-state index in [0.717, 1.165) is 44.0 Å². The SMILES string of the molecule is CCC(CC)(c1ccc(C=CC2(O)CCCC2)c(C)c1)c1ccc(B2OC(C)(C)C(C)(C)O2)c(C)c1. The van der Waals surface area contributed by atoms with Crippen molar-refractivity contribution in [1.82, 2.24) is 0 Å². The summed E-state index contributed by atoms with van der Waals surface area (Å²) in [5.41, 5.74) is 6.07. The minimum absolute atomic E-state index is 0.0596. The zero-order chi connectivity index (χ0) is 26.4. The van der Waals surface area contributed by atoms with Gasteiger partial charge >= 0.3 is 7.12 Å². The molecule has 2 aromatic carbocycles. The summed E-state index contributed by atoms with van der Waals surface area (Å²) in [5, 5.41) is 10.7. The lowest BCUT2D eigenvalue weighted by Crippen LogP contribution is -2.41. The maximum atomic E-state index is 10.7. The van der Waals surface area contributed by atoms with E-state index in [0.29, 0.717) is 0 Å². The lowest BCUT2D eigenvalue weighted by atomic mass is 9.68. The molecule has 2 aliphatic rings. The van der Waals surface area contributed by atoms with Gasteiger partial charge in [-0.15, -0.1) is 0 Å². The molecule has 2 aromatic rings. The Morgan fingerprint density at radius 3 is 1.89 bits per heavy atom. The van der Waals surface area contributed by atoms with E-state index in [1.165, 1.54) is 27.8 Å². The van der Waals surface area contributed by atoms with E-state index in [1.54, 1.807) is 0 Å². The van der Waals surface area contributed by atoms with Gasteiger partial charge in [-0.25, -0.2) is 0 Å². The van der Waals surface area contributed by atoms with Gasteiger partial charge in [-0.05, 0) is 94.9 Å². The van der Waals surface area contributed by atoms with Crippen molar-refractivity contribution in [3.8, 4) is 0 Å². The Bertz CT molecular complexity index is 1100. The van der Waals surface area contributed by atoms with E-state index in [9.17, 15) is 5.11 Å². The average molecular weight is 489 g/mol. The number of hydrogen-bond acceptors (Lipinski definition) is 3. The van der Waals surface area contributed by atoms with Crippen LogP contribution in [-0.4, -0.2) is 29.0 Å². The fraction of sp³-hybridized carbons (Fsp3) is 0.562. The van der Waals surface area contributed by atoms with Crippen LogP contribution in [0.1, 0.15) is 108 Å². The third-order valence-corrected chi connectivity index (χ3v) is 9.40. The Hall–Kier alpha value is -1.88. The van der Waals surface area contributed by atoms with Crippen LogP contribution in [0.25, 0.3) is 6.08 Å². The largest absolute Gasteiger partial charge is 0.495 e. The molecule has 1 saturated carbocycles. The highest BCUT2D eigenvalue weighted by Gasteiger charge is 2.52. The quantitative estimate of drug-likeness (QED) is 0.426. The second kappa shape index (κ2) is 9.78. The average Bonchev–Trinajstić information content (AvgIpc) is 3.34. The Kier molecular flexibility index (Phi) is 7.38. The number of rotatable bonds is 7. The molecule has 0 bridgehead atoms. The van der Waals surface area contributed by atoms with E-state index in [1.807, 2.05) is 6.08 Å². The van der Waals surface area contributed by atoms with E-state index in [4.69, 9.17) is 9.31 Å². The minimum atomic E-state index is -0.627. The van der Waals surface area contributed by atoms with Crippen LogP contribution in [0, 0.1) is 13.8 Å². The van der Waals surface area contributed by atoms with Gasteiger partial charge in [-0.2, -0.15) is 0 Å². The Labute approximate surface area is 219 Å². The van der Waals surface area contributed by atoms with Gasteiger partial charge in [0.15, 0.2) is 0 Å². The van der Waals surface area contributed by atoms with Crippen molar-refractivity contribution in [3.63, 3.8) is 0 Å². The van der Waals surface area contributed by atoms with Crippen molar-refractivity contribution in [3.05, 3.63) is 70.3 Å². The highest BCUT2D eigenvalue weighted by molar-refractivity contribution is 6.62. The molecular formula is C32H45BO3. The maximum absolute atomic E-state index is 10.7. The predicted octanol–water partition coefficient (Wildman–Crippen LogP) is 7.03. The molecule has 0 aromatic heterocycles. The first kappa shape index (κ1) is 27.2. The molecule has 4 heteroatoms. The molecule has 2 fully saturated rings. The van der Waals surface area contributed by atoms with Crippen LogP contribution >= 0.6 is 0 Å². The third-order valence-electron chi connectivity index (χ3n) is 9.40. The molecule has 1 heterocycles. The molecule has 0 radical (unpaired) electrons. The second-order valence-corrected chi connectivity index (χ2v) is 12.2. The van der Waals surface area contributed by atoms with Crippen molar-refractivity contribution in [2.75, 3.05) is 0 Å². The molecule has 0 amide bonds. The summed E-state index contributed by atoms with van der Waals surface area (Å²) in [5.74, 6) is 0. The monoisotopic (exact) mass is 488 g/mol. The molecule has 1 aliphatic carbocycles. The highest BCUT2D eigenvalue weighted by Crippen LogP contribution is 2.41. The molecule has 194 valence electrons. The molecule has 0 unspecified atom stereocenters.